The van der Waals surface area contributed by atoms with Gasteiger partial charge in [-0.15, -0.1) is 0 Å². The Labute approximate surface area is 165 Å². The van der Waals surface area contributed by atoms with E-state index in [4.69, 9.17) is 16.3 Å². The minimum Gasteiger partial charge on any atom is -0.483 e. The molecule has 0 radical (unpaired) electrons. The van der Waals surface area contributed by atoms with E-state index in [2.05, 4.69) is 0 Å². The van der Waals surface area contributed by atoms with Crippen LogP contribution >= 0.6 is 11.6 Å². The van der Waals surface area contributed by atoms with Crippen LogP contribution < -0.4 is 4.74 Å². The highest BCUT2D eigenvalue weighted by Crippen LogP contribution is 2.31. The van der Waals surface area contributed by atoms with Gasteiger partial charge in [0.1, 0.15) is 5.75 Å². The van der Waals surface area contributed by atoms with Gasteiger partial charge in [0, 0.05) is 27.9 Å². The van der Waals surface area contributed by atoms with Gasteiger partial charge < -0.3 is 9.64 Å². The molecule has 1 fully saturated rings. The highest BCUT2D eigenvalue weighted by atomic mass is 35.5. The highest BCUT2D eigenvalue weighted by Gasteiger charge is 2.36. The minimum atomic E-state index is -3.07. The van der Waals surface area contributed by atoms with Gasteiger partial charge in [0.2, 0.25) is 0 Å². The fraction of sp³-hybridized carbons (Fsp3) is 0.450. The van der Waals surface area contributed by atoms with Crippen molar-refractivity contribution in [2.75, 3.05) is 18.1 Å². The molecule has 5 nitrogen and oxygen atoms in total. The average molecular weight is 410 g/mol. The topological polar surface area (TPSA) is 63.7 Å². The third kappa shape index (κ3) is 4.38. The Morgan fingerprint density at radius 2 is 1.96 bits per heavy atom. The SMILES string of the molecule is CC[C@@H](C)N(C(=O)COc1ccc(Cl)c2ccccc12)[C@H]1CCS(=O)(=O)C1. The van der Waals surface area contributed by atoms with Crippen molar-refractivity contribution in [1.82, 2.24) is 4.90 Å². The quantitative estimate of drug-likeness (QED) is 0.729. The summed E-state index contributed by atoms with van der Waals surface area (Å²) in [6, 6.07) is 10.8. The molecular weight excluding hydrogens is 386 g/mol. The van der Waals surface area contributed by atoms with Crippen molar-refractivity contribution in [2.45, 2.75) is 38.8 Å². The third-order valence-electron chi connectivity index (χ3n) is 5.14. The second kappa shape index (κ2) is 8.07. The molecule has 0 saturated carbocycles. The van der Waals surface area contributed by atoms with Gasteiger partial charge >= 0.3 is 0 Å². The van der Waals surface area contributed by atoms with Crippen LogP contribution in [0, 0.1) is 0 Å². The van der Waals surface area contributed by atoms with Gasteiger partial charge in [0.25, 0.3) is 5.91 Å². The lowest BCUT2D eigenvalue weighted by atomic mass is 10.1. The predicted molar refractivity (Wildman–Crippen MR) is 108 cm³/mol. The molecule has 1 aliphatic heterocycles. The molecule has 0 N–H and O–H groups in total. The maximum Gasteiger partial charge on any atom is 0.261 e. The van der Waals surface area contributed by atoms with E-state index in [9.17, 15) is 13.2 Å². The average Bonchev–Trinajstić information content (AvgIpc) is 3.00. The molecule has 2 atom stereocenters. The molecule has 1 aliphatic rings. The van der Waals surface area contributed by atoms with E-state index < -0.39 is 9.84 Å². The standard InChI is InChI=1S/C20H24ClNO4S/c1-3-14(2)22(15-10-11-27(24,25)13-15)20(23)12-26-19-9-8-18(21)16-6-4-5-7-17(16)19/h4-9,14-15H,3,10-13H2,1-2H3/t14-,15+/m1/s1. The fourth-order valence-electron chi connectivity index (χ4n) is 3.58. The summed E-state index contributed by atoms with van der Waals surface area (Å²) in [5, 5.41) is 2.34. The minimum absolute atomic E-state index is 0.0347. The molecule has 2 aromatic rings. The van der Waals surface area contributed by atoms with Crippen LogP contribution in [-0.4, -0.2) is 49.4 Å². The van der Waals surface area contributed by atoms with Crippen LogP contribution in [0.3, 0.4) is 0 Å². The number of hydrogen-bond donors (Lipinski definition) is 0. The van der Waals surface area contributed by atoms with Crippen LogP contribution in [0.4, 0.5) is 0 Å². The lowest BCUT2D eigenvalue weighted by molar-refractivity contribution is -0.137. The van der Waals surface area contributed by atoms with E-state index >= 15 is 0 Å². The van der Waals surface area contributed by atoms with Crippen LogP contribution in [0.2, 0.25) is 5.02 Å². The molecule has 2 aromatic carbocycles. The Balaban J connectivity index is 1.78. The number of rotatable bonds is 6. The van der Waals surface area contributed by atoms with Crippen LogP contribution in [0.15, 0.2) is 36.4 Å². The van der Waals surface area contributed by atoms with Gasteiger partial charge in [-0.2, -0.15) is 0 Å². The first-order chi connectivity index (χ1) is 12.8. The molecule has 3 rings (SSSR count). The van der Waals surface area contributed by atoms with E-state index in [1.165, 1.54) is 0 Å². The van der Waals surface area contributed by atoms with Crippen LogP contribution in [-0.2, 0) is 14.6 Å². The van der Waals surface area contributed by atoms with Crippen LogP contribution in [0.1, 0.15) is 26.7 Å². The summed E-state index contributed by atoms with van der Waals surface area (Å²) in [6.45, 7) is 3.80. The van der Waals surface area contributed by atoms with Crippen molar-refractivity contribution < 1.29 is 17.9 Å². The number of amides is 1. The van der Waals surface area contributed by atoms with E-state index in [-0.39, 0.29) is 36.1 Å². The number of nitrogens with zero attached hydrogens (tertiary/aromatic N) is 1. The van der Waals surface area contributed by atoms with E-state index in [1.807, 2.05) is 38.1 Å². The molecule has 1 heterocycles. The number of carbonyl (C=O) groups excluding carboxylic acids is 1. The third-order valence-corrected chi connectivity index (χ3v) is 7.22. The van der Waals surface area contributed by atoms with Crippen molar-refractivity contribution in [1.29, 1.82) is 0 Å². The summed E-state index contributed by atoms with van der Waals surface area (Å²) < 4.78 is 29.5. The first-order valence-corrected chi connectivity index (χ1v) is 11.3. The maximum atomic E-state index is 12.9. The second-order valence-electron chi connectivity index (χ2n) is 6.99. The van der Waals surface area contributed by atoms with Crippen molar-refractivity contribution in [2.24, 2.45) is 0 Å². The Kier molecular flexibility index (Phi) is 5.96. The summed E-state index contributed by atoms with van der Waals surface area (Å²) in [7, 11) is -3.07. The van der Waals surface area contributed by atoms with Crippen molar-refractivity contribution >= 4 is 38.1 Å². The maximum absolute atomic E-state index is 12.9. The fourth-order valence-corrected chi connectivity index (χ4v) is 5.51. The molecule has 27 heavy (non-hydrogen) atoms. The number of benzene rings is 2. The van der Waals surface area contributed by atoms with E-state index in [0.29, 0.717) is 17.2 Å². The molecule has 1 saturated heterocycles. The predicted octanol–water partition coefficient (Wildman–Crippen LogP) is 3.69. The molecule has 0 aromatic heterocycles. The Morgan fingerprint density at radius 1 is 1.26 bits per heavy atom. The van der Waals surface area contributed by atoms with Crippen molar-refractivity contribution in [3.05, 3.63) is 41.4 Å². The number of halogens is 1. The first kappa shape index (κ1) is 20.0. The molecule has 1 amide bonds. The monoisotopic (exact) mass is 409 g/mol. The first-order valence-electron chi connectivity index (χ1n) is 9.14. The summed E-state index contributed by atoms with van der Waals surface area (Å²) in [5.74, 6) is 0.574. The number of ether oxygens (including phenoxy) is 1. The lowest BCUT2D eigenvalue weighted by Crippen LogP contribution is -2.48. The lowest BCUT2D eigenvalue weighted by Gasteiger charge is -2.33. The summed E-state index contributed by atoms with van der Waals surface area (Å²) in [5.41, 5.74) is 0. The van der Waals surface area contributed by atoms with Gasteiger partial charge in [-0.1, -0.05) is 42.8 Å². The normalized spacial score (nSPS) is 19.7. The number of sulfone groups is 1. The molecular formula is C20H24ClNO4S. The van der Waals surface area contributed by atoms with E-state index in [1.54, 1.807) is 17.0 Å². The molecule has 0 aliphatic carbocycles. The Bertz CT molecular complexity index is 944. The van der Waals surface area contributed by atoms with Gasteiger partial charge in [0.15, 0.2) is 16.4 Å². The zero-order chi connectivity index (χ0) is 19.6. The number of carbonyl (C=O) groups is 1. The highest BCUT2D eigenvalue weighted by molar-refractivity contribution is 7.91. The molecule has 7 heteroatoms. The smallest absolute Gasteiger partial charge is 0.261 e. The zero-order valence-electron chi connectivity index (χ0n) is 15.5. The summed E-state index contributed by atoms with van der Waals surface area (Å²) >= 11 is 6.23. The molecule has 146 valence electrons. The molecule has 0 unspecified atom stereocenters. The summed E-state index contributed by atoms with van der Waals surface area (Å²) in [4.78, 5) is 14.6. The van der Waals surface area contributed by atoms with Gasteiger partial charge in [-0.3, -0.25) is 4.79 Å². The Morgan fingerprint density at radius 3 is 2.59 bits per heavy atom. The zero-order valence-corrected chi connectivity index (χ0v) is 17.1. The molecule has 0 spiro atoms. The van der Waals surface area contributed by atoms with Crippen molar-refractivity contribution in [3.63, 3.8) is 0 Å². The van der Waals surface area contributed by atoms with Gasteiger partial charge in [0.05, 0.1) is 11.5 Å². The second-order valence-corrected chi connectivity index (χ2v) is 9.63. The van der Waals surface area contributed by atoms with Gasteiger partial charge in [-0.25, -0.2) is 8.42 Å². The van der Waals surface area contributed by atoms with Crippen LogP contribution in [0.25, 0.3) is 10.8 Å². The van der Waals surface area contributed by atoms with Gasteiger partial charge in [-0.05, 0) is 31.9 Å². The van der Waals surface area contributed by atoms with Crippen molar-refractivity contribution in [3.8, 4) is 5.75 Å². The largest absolute Gasteiger partial charge is 0.483 e. The summed E-state index contributed by atoms with van der Waals surface area (Å²) in [6.07, 6.45) is 1.24. The van der Waals surface area contributed by atoms with Crippen LogP contribution in [0.5, 0.6) is 5.75 Å². The van der Waals surface area contributed by atoms with E-state index in [0.717, 1.165) is 17.2 Å². The number of hydrogen-bond acceptors (Lipinski definition) is 4. The Hall–Kier alpha value is -1.79. The number of fused-ring (bicyclic) bond motifs is 1. The molecule has 0 bridgehead atoms.